The summed E-state index contributed by atoms with van der Waals surface area (Å²) in [4.78, 5) is 37.9. The zero-order valence-corrected chi connectivity index (χ0v) is 16.2. The Morgan fingerprint density at radius 2 is 1.74 bits per heavy atom. The lowest BCUT2D eigenvalue weighted by molar-refractivity contribution is -0.123. The normalized spacial score (nSPS) is 11.8. The van der Waals surface area contributed by atoms with Crippen LogP contribution >= 0.6 is 11.6 Å². The van der Waals surface area contributed by atoms with Crippen molar-refractivity contribution in [1.82, 2.24) is 9.88 Å². The van der Waals surface area contributed by atoms with Crippen molar-refractivity contribution < 1.29 is 9.59 Å². The van der Waals surface area contributed by atoms with Crippen LogP contribution in [0.2, 0.25) is 5.02 Å². The molecule has 0 bridgehead atoms. The first-order chi connectivity index (χ1) is 13.0. The zero-order chi connectivity index (χ0) is 19.6. The number of Topliss-reactive ketones (excluding diaryl/α,β-unsaturated/α-hetero) is 1. The van der Waals surface area contributed by atoms with Gasteiger partial charge in [0.15, 0.2) is 11.8 Å². The van der Waals surface area contributed by atoms with E-state index in [0.717, 1.165) is 25.7 Å². The van der Waals surface area contributed by atoms with Crippen molar-refractivity contribution >= 4 is 23.3 Å². The van der Waals surface area contributed by atoms with Gasteiger partial charge < -0.3 is 5.32 Å². The van der Waals surface area contributed by atoms with E-state index in [2.05, 4.69) is 12.2 Å². The maximum absolute atomic E-state index is 13.0. The number of nitrogens with zero attached hydrogens (tertiary/aromatic N) is 1. The summed E-state index contributed by atoms with van der Waals surface area (Å²) in [5, 5.41) is 3.30. The minimum Gasteiger partial charge on any atom is -0.354 e. The Morgan fingerprint density at radius 1 is 1.04 bits per heavy atom. The van der Waals surface area contributed by atoms with Gasteiger partial charge in [-0.15, -0.1) is 0 Å². The summed E-state index contributed by atoms with van der Waals surface area (Å²) in [5.74, 6) is -0.915. The molecule has 0 aliphatic rings. The molecule has 0 aliphatic heterocycles. The third-order valence-electron chi connectivity index (χ3n) is 4.33. The summed E-state index contributed by atoms with van der Waals surface area (Å²) < 4.78 is 1.17. The van der Waals surface area contributed by atoms with Gasteiger partial charge in [0.1, 0.15) is 0 Å². The summed E-state index contributed by atoms with van der Waals surface area (Å²) in [5.41, 5.74) is -0.0684. The van der Waals surface area contributed by atoms with Gasteiger partial charge in [0.25, 0.3) is 11.5 Å². The van der Waals surface area contributed by atoms with E-state index >= 15 is 0 Å². The highest BCUT2D eigenvalue weighted by Gasteiger charge is 2.29. The van der Waals surface area contributed by atoms with Gasteiger partial charge in [-0.05, 0) is 36.8 Å². The number of amides is 1. The fourth-order valence-electron chi connectivity index (χ4n) is 2.83. The fraction of sp³-hybridized carbons (Fsp3) is 0.381. The van der Waals surface area contributed by atoms with Crippen LogP contribution in [0.4, 0.5) is 0 Å². The molecule has 0 saturated carbocycles. The Morgan fingerprint density at radius 3 is 2.41 bits per heavy atom. The highest BCUT2D eigenvalue weighted by atomic mass is 35.5. The average molecular weight is 389 g/mol. The van der Waals surface area contributed by atoms with Crippen LogP contribution in [0.1, 0.15) is 55.4 Å². The number of nitrogens with one attached hydrogen (secondary N) is 1. The molecule has 144 valence electrons. The number of unbranched alkanes of at least 4 members (excludes halogenated alkanes) is 4. The minimum absolute atomic E-state index is 0.332. The third kappa shape index (κ3) is 6.07. The van der Waals surface area contributed by atoms with Gasteiger partial charge in [0.05, 0.1) is 0 Å². The van der Waals surface area contributed by atoms with Crippen LogP contribution in [0.15, 0.2) is 53.5 Å². The molecule has 0 aliphatic carbocycles. The second-order valence-corrected chi connectivity index (χ2v) is 6.86. The molecule has 1 amide bonds. The van der Waals surface area contributed by atoms with E-state index in [9.17, 15) is 14.4 Å². The van der Waals surface area contributed by atoms with Crippen LogP contribution < -0.4 is 10.9 Å². The van der Waals surface area contributed by atoms with E-state index in [1.807, 2.05) is 0 Å². The molecular weight excluding hydrogens is 364 g/mol. The molecule has 1 atom stereocenters. The van der Waals surface area contributed by atoms with Gasteiger partial charge in [-0.3, -0.25) is 19.0 Å². The number of rotatable bonds is 10. The summed E-state index contributed by atoms with van der Waals surface area (Å²) in [6.45, 7) is 2.63. The monoisotopic (exact) mass is 388 g/mol. The number of aromatic nitrogens is 1. The van der Waals surface area contributed by atoms with Gasteiger partial charge in [-0.1, -0.05) is 50.3 Å². The first kappa shape index (κ1) is 20.9. The molecule has 6 heteroatoms. The van der Waals surface area contributed by atoms with E-state index in [4.69, 9.17) is 11.6 Å². The molecule has 0 radical (unpaired) electrons. The number of carbonyl (C=O) groups is 2. The maximum Gasteiger partial charge on any atom is 0.251 e. The van der Waals surface area contributed by atoms with Crippen LogP contribution in [0, 0.1) is 0 Å². The average Bonchev–Trinajstić information content (AvgIpc) is 2.67. The summed E-state index contributed by atoms with van der Waals surface area (Å²) >= 11 is 5.88. The van der Waals surface area contributed by atoms with Crippen molar-refractivity contribution in [2.45, 2.75) is 45.1 Å². The number of pyridine rings is 1. The lowest BCUT2D eigenvalue weighted by atomic mass is 10.0. The Balaban J connectivity index is 2.16. The predicted octanol–water partition coefficient (Wildman–Crippen LogP) is 4.01. The van der Waals surface area contributed by atoms with Crippen molar-refractivity contribution in [3.63, 3.8) is 0 Å². The van der Waals surface area contributed by atoms with E-state index in [1.54, 1.807) is 36.4 Å². The molecule has 2 aromatic rings. The Bertz CT molecular complexity index is 815. The minimum atomic E-state index is -1.24. The van der Waals surface area contributed by atoms with Crippen molar-refractivity contribution in [2.75, 3.05) is 6.54 Å². The number of hydrogen-bond donors (Lipinski definition) is 1. The van der Waals surface area contributed by atoms with Crippen LogP contribution in [-0.2, 0) is 4.79 Å². The highest BCUT2D eigenvalue weighted by molar-refractivity contribution is 6.30. The molecule has 0 spiro atoms. The molecule has 1 N–H and O–H groups in total. The molecule has 0 fully saturated rings. The number of carbonyl (C=O) groups excluding carboxylic acids is 2. The third-order valence-corrected chi connectivity index (χ3v) is 4.59. The van der Waals surface area contributed by atoms with Gasteiger partial charge >= 0.3 is 0 Å². The molecule has 5 nitrogen and oxygen atoms in total. The molecule has 27 heavy (non-hydrogen) atoms. The maximum atomic E-state index is 13.0. The first-order valence-corrected chi connectivity index (χ1v) is 9.67. The van der Waals surface area contributed by atoms with Crippen molar-refractivity contribution in [3.8, 4) is 0 Å². The van der Waals surface area contributed by atoms with Crippen LogP contribution in [0.5, 0.6) is 0 Å². The van der Waals surface area contributed by atoms with E-state index in [1.165, 1.54) is 23.3 Å². The predicted molar refractivity (Wildman–Crippen MR) is 107 cm³/mol. The SMILES string of the molecule is CCCCCCCNC(=O)[C@H](C(=O)c1ccc(Cl)cc1)n1ccccc1=O. The van der Waals surface area contributed by atoms with Crippen molar-refractivity contribution in [1.29, 1.82) is 0 Å². The van der Waals surface area contributed by atoms with E-state index in [-0.39, 0.29) is 0 Å². The second-order valence-electron chi connectivity index (χ2n) is 6.43. The molecule has 1 heterocycles. The lowest BCUT2D eigenvalue weighted by Crippen LogP contribution is -2.41. The van der Waals surface area contributed by atoms with E-state index in [0.29, 0.717) is 17.1 Å². The van der Waals surface area contributed by atoms with Crippen LogP contribution in [0.25, 0.3) is 0 Å². The molecule has 1 aromatic carbocycles. The summed E-state index contributed by atoms with van der Waals surface area (Å²) in [7, 11) is 0. The zero-order valence-electron chi connectivity index (χ0n) is 15.5. The Hall–Kier alpha value is -2.40. The molecule has 2 rings (SSSR count). The Kier molecular flexibility index (Phi) is 8.27. The van der Waals surface area contributed by atoms with Crippen molar-refractivity contribution in [2.24, 2.45) is 0 Å². The largest absolute Gasteiger partial charge is 0.354 e. The topological polar surface area (TPSA) is 68.2 Å². The van der Waals surface area contributed by atoms with Crippen LogP contribution in [-0.4, -0.2) is 22.8 Å². The summed E-state index contributed by atoms with van der Waals surface area (Å²) in [6.07, 6.45) is 6.78. The number of ketones is 1. The highest BCUT2D eigenvalue weighted by Crippen LogP contribution is 2.16. The fourth-order valence-corrected chi connectivity index (χ4v) is 2.96. The molecule has 0 unspecified atom stereocenters. The molecule has 1 aromatic heterocycles. The van der Waals surface area contributed by atoms with Crippen molar-refractivity contribution in [3.05, 3.63) is 69.6 Å². The number of hydrogen-bond acceptors (Lipinski definition) is 3. The smallest absolute Gasteiger partial charge is 0.251 e. The second kappa shape index (κ2) is 10.7. The van der Waals surface area contributed by atoms with Gasteiger partial charge in [-0.2, -0.15) is 0 Å². The van der Waals surface area contributed by atoms with Gasteiger partial charge in [0, 0.05) is 29.4 Å². The molecule has 0 saturated heterocycles. The first-order valence-electron chi connectivity index (χ1n) is 9.29. The standard InChI is InChI=1S/C21H25ClN2O3/c1-2-3-4-5-7-14-23-21(27)19(24-15-8-6-9-18(24)25)20(26)16-10-12-17(22)13-11-16/h6,8-13,15,19H,2-5,7,14H2,1H3,(H,23,27)/t19-/m0/s1. The van der Waals surface area contributed by atoms with Crippen LogP contribution in [0.3, 0.4) is 0 Å². The molecular formula is C21H25ClN2O3. The van der Waals surface area contributed by atoms with Gasteiger partial charge in [0.2, 0.25) is 0 Å². The summed E-state index contributed by atoms with van der Waals surface area (Å²) in [6, 6.07) is 9.59. The number of benzene rings is 1. The number of halogens is 1. The quantitative estimate of drug-likeness (QED) is 0.380. The Labute approximate surface area is 164 Å². The van der Waals surface area contributed by atoms with E-state index < -0.39 is 23.3 Å². The lowest BCUT2D eigenvalue weighted by Gasteiger charge is -2.18. The van der Waals surface area contributed by atoms with Gasteiger partial charge in [-0.25, -0.2) is 0 Å².